The normalized spacial score (nSPS) is 10.1. The van der Waals surface area contributed by atoms with Gasteiger partial charge in [-0.2, -0.15) is 0 Å². The fourth-order valence-electron chi connectivity index (χ4n) is 1.26. The minimum absolute atomic E-state index is 0.350. The molecule has 1 heterocycles. The molecule has 0 aliphatic carbocycles. The third kappa shape index (κ3) is 2.70. The number of rotatable bonds is 3. The lowest BCUT2D eigenvalue weighted by Crippen LogP contribution is -1.98. The maximum Gasteiger partial charge on any atom is 0.175 e. The summed E-state index contributed by atoms with van der Waals surface area (Å²) in [7, 11) is 0. The summed E-state index contributed by atoms with van der Waals surface area (Å²) in [5.74, 6) is 1.15. The molecule has 0 aliphatic rings. The first kappa shape index (κ1) is 10.9. The van der Waals surface area contributed by atoms with Gasteiger partial charge in [-0.25, -0.2) is 9.97 Å². The topological polar surface area (TPSA) is 35.0 Å². The third-order valence-corrected chi connectivity index (χ3v) is 2.34. The molecule has 0 saturated carbocycles. The molecule has 4 heteroatoms. The fourth-order valence-corrected chi connectivity index (χ4v) is 1.49. The van der Waals surface area contributed by atoms with Gasteiger partial charge in [0.25, 0.3) is 0 Å². The van der Waals surface area contributed by atoms with E-state index in [1.165, 1.54) is 0 Å². The van der Waals surface area contributed by atoms with E-state index in [-0.39, 0.29) is 0 Å². The second-order valence-corrected chi connectivity index (χ2v) is 3.70. The Balaban J connectivity index is 2.05. The minimum Gasteiger partial charge on any atom is -0.484 e. The van der Waals surface area contributed by atoms with Gasteiger partial charge in [0.05, 0.1) is 6.20 Å². The lowest BCUT2D eigenvalue weighted by molar-refractivity contribution is 0.303. The van der Waals surface area contributed by atoms with Crippen LogP contribution in [0, 0.1) is 6.92 Å². The summed E-state index contributed by atoms with van der Waals surface area (Å²) in [6, 6.07) is 9.87. The van der Waals surface area contributed by atoms with Crippen molar-refractivity contribution in [3.05, 3.63) is 53.1 Å². The second kappa shape index (κ2) is 4.94. The molecule has 0 atom stereocenters. The first-order valence-corrected chi connectivity index (χ1v) is 5.29. The van der Waals surface area contributed by atoms with Crippen LogP contribution in [0.4, 0.5) is 0 Å². The Labute approximate surface area is 99.1 Å². The molecule has 2 aromatic rings. The van der Waals surface area contributed by atoms with E-state index in [0.717, 1.165) is 5.56 Å². The van der Waals surface area contributed by atoms with Crippen LogP contribution < -0.4 is 4.74 Å². The molecule has 0 fully saturated rings. The van der Waals surface area contributed by atoms with Crippen LogP contribution in [0.1, 0.15) is 11.4 Å². The molecule has 16 heavy (non-hydrogen) atoms. The van der Waals surface area contributed by atoms with Crippen molar-refractivity contribution in [1.82, 2.24) is 9.97 Å². The van der Waals surface area contributed by atoms with E-state index in [0.29, 0.717) is 23.3 Å². The molecular weight excluding hydrogens is 224 g/mol. The number of aryl methyl sites for hydroxylation is 1. The van der Waals surface area contributed by atoms with E-state index >= 15 is 0 Å². The molecule has 1 aromatic heterocycles. The summed E-state index contributed by atoms with van der Waals surface area (Å²) in [5, 5.41) is 0.350. The fraction of sp³-hybridized carbons (Fsp3) is 0.167. The van der Waals surface area contributed by atoms with Crippen LogP contribution in [0.25, 0.3) is 0 Å². The van der Waals surface area contributed by atoms with Crippen molar-refractivity contribution >= 4 is 11.6 Å². The summed E-state index contributed by atoms with van der Waals surface area (Å²) in [5.41, 5.74) is 1.08. The van der Waals surface area contributed by atoms with Crippen molar-refractivity contribution in [3.8, 4) is 5.75 Å². The standard InChI is InChI=1S/C12H11ClN2O/c1-9-14-7-11(12(13)15-9)16-8-10-5-3-2-4-6-10/h2-7H,8H2,1H3. The second-order valence-electron chi connectivity index (χ2n) is 3.35. The Morgan fingerprint density at radius 2 is 2.00 bits per heavy atom. The number of aromatic nitrogens is 2. The highest BCUT2D eigenvalue weighted by molar-refractivity contribution is 6.30. The van der Waals surface area contributed by atoms with Crippen molar-refractivity contribution in [2.45, 2.75) is 13.5 Å². The highest BCUT2D eigenvalue weighted by Gasteiger charge is 2.04. The monoisotopic (exact) mass is 234 g/mol. The average molecular weight is 235 g/mol. The molecule has 2 rings (SSSR count). The molecule has 0 amide bonds. The minimum atomic E-state index is 0.350. The first-order chi connectivity index (χ1) is 7.75. The van der Waals surface area contributed by atoms with Gasteiger partial charge in [0.2, 0.25) is 0 Å². The van der Waals surface area contributed by atoms with E-state index in [4.69, 9.17) is 16.3 Å². The molecule has 0 spiro atoms. The van der Waals surface area contributed by atoms with E-state index in [2.05, 4.69) is 9.97 Å². The first-order valence-electron chi connectivity index (χ1n) is 4.91. The Morgan fingerprint density at radius 3 is 2.69 bits per heavy atom. The van der Waals surface area contributed by atoms with Gasteiger partial charge in [-0.15, -0.1) is 0 Å². The number of ether oxygens (including phenoxy) is 1. The average Bonchev–Trinajstić information content (AvgIpc) is 2.29. The van der Waals surface area contributed by atoms with Crippen LogP contribution in [0.3, 0.4) is 0 Å². The molecule has 0 N–H and O–H groups in total. The molecule has 82 valence electrons. The van der Waals surface area contributed by atoms with Crippen LogP contribution in [0.5, 0.6) is 5.75 Å². The van der Waals surface area contributed by atoms with E-state index in [1.807, 2.05) is 30.3 Å². The number of benzene rings is 1. The van der Waals surface area contributed by atoms with Crippen LogP contribution in [-0.2, 0) is 6.61 Å². The lowest BCUT2D eigenvalue weighted by Gasteiger charge is -2.07. The van der Waals surface area contributed by atoms with Gasteiger partial charge in [0, 0.05) is 0 Å². The van der Waals surface area contributed by atoms with E-state index < -0.39 is 0 Å². The molecule has 0 unspecified atom stereocenters. The summed E-state index contributed by atoms with van der Waals surface area (Å²) in [6.45, 7) is 2.25. The van der Waals surface area contributed by atoms with Crippen molar-refractivity contribution in [2.75, 3.05) is 0 Å². The molecule has 0 radical (unpaired) electrons. The van der Waals surface area contributed by atoms with Gasteiger partial charge in [0.1, 0.15) is 12.4 Å². The highest BCUT2D eigenvalue weighted by Crippen LogP contribution is 2.21. The molecule has 1 aromatic carbocycles. The van der Waals surface area contributed by atoms with Crippen molar-refractivity contribution in [3.63, 3.8) is 0 Å². The number of hydrogen-bond donors (Lipinski definition) is 0. The van der Waals surface area contributed by atoms with Gasteiger partial charge >= 0.3 is 0 Å². The van der Waals surface area contributed by atoms with Gasteiger partial charge in [-0.05, 0) is 12.5 Å². The lowest BCUT2D eigenvalue weighted by atomic mass is 10.2. The smallest absolute Gasteiger partial charge is 0.175 e. The quantitative estimate of drug-likeness (QED) is 0.766. The Kier molecular flexibility index (Phi) is 3.37. The van der Waals surface area contributed by atoms with Gasteiger partial charge in [-0.3, -0.25) is 0 Å². The summed E-state index contributed by atoms with van der Waals surface area (Å²) in [6.07, 6.45) is 1.59. The third-order valence-electron chi connectivity index (χ3n) is 2.07. The van der Waals surface area contributed by atoms with Gasteiger partial charge in [-0.1, -0.05) is 41.9 Å². The zero-order valence-corrected chi connectivity index (χ0v) is 9.61. The maximum absolute atomic E-state index is 5.92. The van der Waals surface area contributed by atoms with Crippen LogP contribution in [-0.4, -0.2) is 9.97 Å². The summed E-state index contributed by atoms with van der Waals surface area (Å²) < 4.78 is 5.52. The predicted molar refractivity (Wildman–Crippen MR) is 62.6 cm³/mol. The van der Waals surface area contributed by atoms with Crippen LogP contribution >= 0.6 is 11.6 Å². The van der Waals surface area contributed by atoms with Gasteiger partial charge < -0.3 is 4.74 Å². The van der Waals surface area contributed by atoms with Crippen LogP contribution in [0.2, 0.25) is 5.15 Å². The molecule has 0 bridgehead atoms. The number of hydrogen-bond acceptors (Lipinski definition) is 3. The molecule has 0 aliphatic heterocycles. The highest BCUT2D eigenvalue weighted by atomic mass is 35.5. The van der Waals surface area contributed by atoms with Crippen molar-refractivity contribution in [2.24, 2.45) is 0 Å². The zero-order valence-electron chi connectivity index (χ0n) is 8.85. The molecule has 0 saturated heterocycles. The largest absolute Gasteiger partial charge is 0.484 e. The Morgan fingerprint density at radius 1 is 1.25 bits per heavy atom. The summed E-state index contributed by atoms with van der Waals surface area (Å²) >= 11 is 5.92. The van der Waals surface area contributed by atoms with E-state index in [1.54, 1.807) is 13.1 Å². The van der Waals surface area contributed by atoms with Crippen LogP contribution in [0.15, 0.2) is 36.5 Å². The Bertz CT molecular complexity index is 474. The zero-order chi connectivity index (χ0) is 11.4. The van der Waals surface area contributed by atoms with E-state index in [9.17, 15) is 0 Å². The van der Waals surface area contributed by atoms with Gasteiger partial charge in [0.15, 0.2) is 10.9 Å². The maximum atomic E-state index is 5.92. The van der Waals surface area contributed by atoms with Crippen molar-refractivity contribution < 1.29 is 4.74 Å². The number of nitrogens with zero attached hydrogens (tertiary/aromatic N) is 2. The SMILES string of the molecule is Cc1ncc(OCc2ccccc2)c(Cl)n1. The summed E-state index contributed by atoms with van der Waals surface area (Å²) in [4.78, 5) is 8.05. The molecule has 3 nitrogen and oxygen atoms in total. The predicted octanol–water partition coefficient (Wildman–Crippen LogP) is 3.02. The number of halogens is 1. The van der Waals surface area contributed by atoms with Crippen molar-refractivity contribution in [1.29, 1.82) is 0 Å². The molecular formula is C12H11ClN2O. The Hall–Kier alpha value is -1.61.